The molecular formula is C16H25NO3. The highest BCUT2D eigenvalue weighted by molar-refractivity contribution is 5.89. The van der Waals surface area contributed by atoms with E-state index in [1.165, 1.54) is 7.11 Å². The third-order valence-corrected chi connectivity index (χ3v) is 3.22. The van der Waals surface area contributed by atoms with Gasteiger partial charge in [0.2, 0.25) is 0 Å². The van der Waals surface area contributed by atoms with E-state index < -0.39 is 0 Å². The maximum absolute atomic E-state index is 11.3. The average Bonchev–Trinajstić information content (AvgIpc) is 2.50. The number of unbranched alkanes of at least 4 members (excludes halogenated alkanes) is 1. The fourth-order valence-electron chi connectivity index (χ4n) is 1.71. The Balaban J connectivity index is 2.17. The number of rotatable bonds is 9. The number of esters is 1. The summed E-state index contributed by atoms with van der Waals surface area (Å²) in [4.78, 5) is 11.3. The van der Waals surface area contributed by atoms with Crippen molar-refractivity contribution in [1.29, 1.82) is 0 Å². The molecule has 0 saturated carbocycles. The molecule has 0 saturated heterocycles. The van der Waals surface area contributed by atoms with Crippen LogP contribution in [0.4, 0.5) is 0 Å². The zero-order chi connectivity index (χ0) is 14.8. The Labute approximate surface area is 121 Å². The molecule has 1 rings (SSSR count). The normalized spacial score (nSPS) is 11.9. The first-order valence-corrected chi connectivity index (χ1v) is 7.22. The molecule has 0 bridgehead atoms. The summed E-state index contributed by atoms with van der Waals surface area (Å²) < 4.78 is 10.3. The smallest absolute Gasteiger partial charge is 0.337 e. The zero-order valence-corrected chi connectivity index (χ0v) is 12.6. The maximum atomic E-state index is 11.3. The van der Waals surface area contributed by atoms with E-state index in [0.717, 1.165) is 31.6 Å². The molecule has 112 valence electrons. The van der Waals surface area contributed by atoms with Crippen molar-refractivity contribution >= 4 is 5.97 Å². The van der Waals surface area contributed by atoms with Gasteiger partial charge in [-0.15, -0.1) is 0 Å². The van der Waals surface area contributed by atoms with Crippen molar-refractivity contribution in [2.75, 3.05) is 20.3 Å². The SMILES string of the molecule is CC[C@@H](C)NCCCCOc1ccc(C(=O)OC)cc1. The molecule has 0 aromatic heterocycles. The average molecular weight is 279 g/mol. The van der Waals surface area contributed by atoms with Gasteiger partial charge in [-0.05, 0) is 57.0 Å². The fraction of sp³-hybridized carbons (Fsp3) is 0.562. The molecule has 1 aromatic carbocycles. The lowest BCUT2D eigenvalue weighted by molar-refractivity contribution is 0.0600. The minimum Gasteiger partial charge on any atom is -0.494 e. The summed E-state index contributed by atoms with van der Waals surface area (Å²) in [7, 11) is 1.38. The molecule has 4 heteroatoms. The first-order valence-electron chi connectivity index (χ1n) is 7.22. The molecule has 0 aliphatic carbocycles. The monoisotopic (exact) mass is 279 g/mol. The Morgan fingerprint density at radius 2 is 1.95 bits per heavy atom. The van der Waals surface area contributed by atoms with Crippen LogP contribution in [0.25, 0.3) is 0 Å². The highest BCUT2D eigenvalue weighted by atomic mass is 16.5. The van der Waals surface area contributed by atoms with E-state index in [0.29, 0.717) is 18.2 Å². The highest BCUT2D eigenvalue weighted by Crippen LogP contribution is 2.13. The van der Waals surface area contributed by atoms with Gasteiger partial charge >= 0.3 is 5.97 Å². The van der Waals surface area contributed by atoms with E-state index in [9.17, 15) is 4.79 Å². The van der Waals surface area contributed by atoms with Crippen molar-refractivity contribution in [3.05, 3.63) is 29.8 Å². The summed E-state index contributed by atoms with van der Waals surface area (Å²) in [5.41, 5.74) is 0.539. The first-order chi connectivity index (χ1) is 9.67. The Kier molecular flexibility index (Phi) is 7.73. The summed E-state index contributed by atoms with van der Waals surface area (Å²) >= 11 is 0. The van der Waals surface area contributed by atoms with Crippen LogP contribution in [0.5, 0.6) is 5.75 Å². The van der Waals surface area contributed by atoms with Crippen LogP contribution in [0.15, 0.2) is 24.3 Å². The second kappa shape index (κ2) is 9.37. The minimum atomic E-state index is -0.326. The standard InChI is InChI=1S/C16H25NO3/c1-4-13(2)17-11-5-6-12-20-15-9-7-14(8-10-15)16(18)19-3/h7-10,13,17H,4-6,11-12H2,1-3H3/t13-/m1/s1. The van der Waals surface area contributed by atoms with Crippen molar-refractivity contribution in [1.82, 2.24) is 5.32 Å². The number of hydrogen-bond donors (Lipinski definition) is 1. The van der Waals surface area contributed by atoms with E-state index in [-0.39, 0.29) is 5.97 Å². The molecule has 0 aliphatic rings. The van der Waals surface area contributed by atoms with Gasteiger partial charge in [-0.25, -0.2) is 4.79 Å². The summed E-state index contributed by atoms with van der Waals surface area (Å²) in [6.07, 6.45) is 3.27. The van der Waals surface area contributed by atoms with Crippen LogP contribution in [0.2, 0.25) is 0 Å². The molecular weight excluding hydrogens is 254 g/mol. The molecule has 20 heavy (non-hydrogen) atoms. The third kappa shape index (κ3) is 6.06. The van der Waals surface area contributed by atoms with E-state index in [4.69, 9.17) is 4.74 Å². The van der Waals surface area contributed by atoms with Crippen LogP contribution in [0, 0.1) is 0 Å². The second-order valence-corrected chi connectivity index (χ2v) is 4.83. The Bertz CT molecular complexity index is 389. The number of carbonyl (C=O) groups is 1. The van der Waals surface area contributed by atoms with Crippen LogP contribution in [0.3, 0.4) is 0 Å². The molecule has 0 fully saturated rings. The molecule has 1 aromatic rings. The number of nitrogens with one attached hydrogen (secondary N) is 1. The van der Waals surface area contributed by atoms with Gasteiger partial charge in [-0.3, -0.25) is 0 Å². The van der Waals surface area contributed by atoms with Gasteiger partial charge in [0, 0.05) is 6.04 Å². The van der Waals surface area contributed by atoms with Crippen molar-refractivity contribution in [2.45, 2.75) is 39.2 Å². The molecule has 0 heterocycles. The number of hydrogen-bond acceptors (Lipinski definition) is 4. The van der Waals surface area contributed by atoms with Crippen molar-refractivity contribution in [2.24, 2.45) is 0 Å². The van der Waals surface area contributed by atoms with Gasteiger partial charge < -0.3 is 14.8 Å². The minimum absolute atomic E-state index is 0.326. The van der Waals surface area contributed by atoms with Crippen molar-refractivity contribution in [3.63, 3.8) is 0 Å². The van der Waals surface area contributed by atoms with E-state index in [2.05, 4.69) is 23.9 Å². The van der Waals surface area contributed by atoms with Crippen LogP contribution in [-0.2, 0) is 4.74 Å². The van der Waals surface area contributed by atoms with Gasteiger partial charge in [-0.1, -0.05) is 6.92 Å². The zero-order valence-electron chi connectivity index (χ0n) is 12.6. The molecule has 0 amide bonds. The van der Waals surface area contributed by atoms with Crippen molar-refractivity contribution in [3.8, 4) is 5.75 Å². The van der Waals surface area contributed by atoms with Crippen molar-refractivity contribution < 1.29 is 14.3 Å². The Morgan fingerprint density at radius 1 is 1.25 bits per heavy atom. The Hall–Kier alpha value is -1.55. The largest absolute Gasteiger partial charge is 0.494 e. The summed E-state index contributed by atoms with van der Waals surface area (Å²) in [5, 5.41) is 3.45. The predicted octanol–water partition coefficient (Wildman–Crippen LogP) is 3.02. The van der Waals surface area contributed by atoms with E-state index in [1.807, 2.05) is 0 Å². The second-order valence-electron chi connectivity index (χ2n) is 4.83. The van der Waals surface area contributed by atoms with Gasteiger partial charge in [0.25, 0.3) is 0 Å². The lowest BCUT2D eigenvalue weighted by Gasteiger charge is -2.11. The molecule has 0 spiro atoms. The molecule has 0 unspecified atom stereocenters. The summed E-state index contributed by atoms with van der Waals surface area (Å²) in [6, 6.07) is 7.60. The Morgan fingerprint density at radius 3 is 2.55 bits per heavy atom. The lowest BCUT2D eigenvalue weighted by Crippen LogP contribution is -2.26. The van der Waals surface area contributed by atoms with Crippen LogP contribution in [0.1, 0.15) is 43.5 Å². The van der Waals surface area contributed by atoms with Crippen LogP contribution >= 0.6 is 0 Å². The van der Waals surface area contributed by atoms with E-state index in [1.54, 1.807) is 24.3 Å². The molecule has 1 N–H and O–H groups in total. The van der Waals surface area contributed by atoms with Gasteiger partial charge in [0.05, 0.1) is 19.3 Å². The number of ether oxygens (including phenoxy) is 2. The van der Waals surface area contributed by atoms with Gasteiger partial charge in [0.1, 0.15) is 5.75 Å². The number of benzene rings is 1. The number of methoxy groups -OCH3 is 1. The molecule has 4 nitrogen and oxygen atoms in total. The third-order valence-electron chi connectivity index (χ3n) is 3.22. The number of carbonyl (C=O) groups excluding carboxylic acids is 1. The first kappa shape index (κ1) is 16.5. The van der Waals surface area contributed by atoms with Gasteiger partial charge in [0.15, 0.2) is 0 Å². The quantitative estimate of drug-likeness (QED) is 0.557. The van der Waals surface area contributed by atoms with Gasteiger partial charge in [-0.2, -0.15) is 0 Å². The molecule has 0 radical (unpaired) electrons. The molecule has 0 aliphatic heterocycles. The fourth-order valence-corrected chi connectivity index (χ4v) is 1.71. The van der Waals surface area contributed by atoms with E-state index >= 15 is 0 Å². The predicted molar refractivity (Wildman–Crippen MR) is 80.3 cm³/mol. The maximum Gasteiger partial charge on any atom is 0.337 e. The van der Waals surface area contributed by atoms with Crippen LogP contribution < -0.4 is 10.1 Å². The topological polar surface area (TPSA) is 47.6 Å². The summed E-state index contributed by atoms with van der Waals surface area (Å²) in [6.45, 7) is 6.09. The van der Waals surface area contributed by atoms with Crippen LogP contribution in [-0.4, -0.2) is 32.3 Å². The lowest BCUT2D eigenvalue weighted by atomic mass is 10.2. The summed E-state index contributed by atoms with van der Waals surface area (Å²) in [5.74, 6) is 0.459. The highest BCUT2D eigenvalue weighted by Gasteiger charge is 2.04. The molecule has 1 atom stereocenters.